The van der Waals surface area contributed by atoms with Crippen LogP contribution in [-0.4, -0.2) is 32.3 Å². The molecule has 8 nitrogen and oxygen atoms in total. The number of amides is 2. The molecule has 2 amide bonds. The number of rotatable bonds is 5. The van der Waals surface area contributed by atoms with E-state index >= 15 is 0 Å². The highest BCUT2D eigenvalue weighted by Crippen LogP contribution is 2.13. The Balaban J connectivity index is 2.01. The second kappa shape index (κ2) is 6.51. The summed E-state index contributed by atoms with van der Waals surface area (Å²) in [6.45, 7) is 1.71. The molecule has 110 valence electrons. The van der Waals surface area contributed by atoms with Crippen molar-refractivity contribution in [2.45, 2.75) is 19.0 Å². The van der Waals surface area contributed by atoms with E-state index in [2.05, 4.69) is 25.8 Å². The van der Waals surface area contributed by atoms with Gasteiger partial charge in [-0.05, 0) is 12.5 Å². The molecular weight excluding hydrogens is 274 g/mol. The van der Waals surface area contributed by atoms with Gasteiger partial charge >= 0.3 is 12.0 Å². The van der Waals surface area contributed by atoms with E-state index in [1.54, 1.807) is 37.3 Å². The molecule has 0 radical (unpaired) electrons. The van der Waals surface area contributed by atoms with Gasteiger partial charge in [-0.15, -0.1) is 0 Å². The van der Waals surface area contributed by atoms with Crippen LogP contribution in [-0.2, 0) is 4.79 Å². The Morgan fingerprint density at radius 3 is 2.52 bits per heavy atom. The Kier molecular flexibility index (Phi) is 4.50. The third-order valence-corrected chi connectivity index (χ3v) is 2.85. The summed E-state index contributed by atoms with van der Waals surface area (Å²) < 4.78 is 0. The number of aromatic nitrogens is 3. The SMILES string of the molecule is CC(NC(=O)N[C@@H](C(=O)O)c1ccccc1)c1ncn[nH]1. The fourth-order valence-electron chi connectivity index (χ4n) is 1.79. The summed E-state index contributed by atoms with van der Waals surface area (Å²) in [4.78, 5) is 27.1. The van der Waals surface area contributed by atoms with Crippen LogP contribution in [0.4, 0.5) is 4.79 Å². The molecule has 0 saturated heterocycles. The van der Waals surface area contributed by atoms with Gasteiger partial charge < -0.3 is 15.7 Å². The first-order valence-corrected chi connectivity index (χ1v) is 6.28. The standard InChI is InChI=1S/C13H15N5O3/c1-8(11-14-7-15-18-11)16-13(21)17-10(12(19)20)9-5-3-2-4-6-9/h2-8,10H,1H3,(H,19,20)(H,14,15,18)(H2,16,17,21)/t8?,10-/m1/s1. The molecule has 2 aromatic rings. The number of carboxylic acid groups (broad SMARTS) is 1. The van der Waals surface area contributed by atoms with Crippen molar-refractivity contribution in [3.05, 3.63) is 48.0 Å². The summed E-state index contributed by atoms with van der Waals surface area (Å²) in [5, 5.41) is 20.5. The van der Waals surface area contributed by atoms with Crippen LogP contribution in [0, 0.1) is 0 Å². The predicted octanol–water partition coefficient (Wildman–Crippen LogP) is 0.991. The van der Waals surface area contributed by atoms with Crippen LogP contribution in [0.15, 0.2) is 36.7 Å². The molecule has 1 heterocycles. The van der Waals surface area contributed by atoms with E-state index in [1.165, 1.54) is 6.33 Å². The molecule has 2 rings (SSSR count). The molecule has 1 aromatic heterocycles. The number of nitrogens with one attached hydrogen (secondary N) is 3. The van der Waals surface area contributed by atoms with Gasteiger partial charge in [0, 0.05) is 0 Å². The monoisotopic (exact) mass is 289 g/mol. The minimum Gasteiger partial charge on any atom is -0.479 e. The van der Waals surface area contributed by atoms with Crippen molar-refractivity contribution in [1.29, 1.82) is 0 Å². The predicted molar refractivity (Wildman–Crippen MR) is 73.3 cm³/mol. The average Bonchev–Trinajstić information content (AvgIpc) is 2.99. The summed E-state index contributed by atoms with van der Waals surface area (Å²) in [5.74, 6) is -0.652. The fraction of sp³-hybridized carbons (Fsp3) is 0.231. The summed E-state index contributed by atoms with van der Waals surface area (Å²) in [6, 6.07) is 6.33. The van der Waals surface area contributed by atoms with Gasteiger partial charge in [-0.1, -0.05) is 30.3 Å². The second-order valence-electron chi connectivity index (χ2n) is 4.39. The number of H-pyrrole nitrogens is 1. The van der Waals surface area contributed by atoms with Crippen molar-refractivity contribution >= 4 is 12.0 Å². The molecule has 0 spiro atoms. The van der Waals surface area contributed by atoms with Crippen LogP contribution < -0.4 is 10.6 Å². The number of hydrogen-bond acceptors (Lipinski definition) is 4. The Morgan fingerprint density at radius 2 is 1.95 bits per heavy atom. The average molecular weight is 289 g/mol. The Morgan fingerprint density at radius 1 is 1.24 bits per heavy atom. The van der Waals surface area contributed by atoms with Crippen LogP contribution >= 0.6 is 0 Å². The van der Waals surface area contributed by atoms with Crippen molar-refractivity contribution in [2.24, 2.45) is 0 Å². The molecule has 1 aromatic carbocycles. The molecule has 0 aliphatic carbocycles. The summed E-state index contributed by atoms with van der Waals surface area (Å²) in [5.41, 5.74) is 0.493. The first kappa shape index (κ1) is 14.5. The van der Waals surface area contributed by atoms with Gasteiger partial charge in [0.05, 0.1) is 6.04 Å². The first-order chi connectivity index (χ1) is 10.1. The van der Waals surface area contributed by atoms with E-state index in [4.69, 9.17) is 0 Å². The zero-order valence-corrected chi connectivity index (χ0v) is 11.3. The summed E-state index contributed by atoms with van der Waals surface area (Å²) in [7, 11) is 0. The van der Waals surface area contributed by atoms with Gasteiger partial charge in [-0.2, -0.15) is 5.10 Å². The van der Waals surface area contributed by atoms with Crippen molar-refractivity contribution in [2.75, 3.05) is 0 Å². The van der Waals surface area contributed by atoms with Crippen LogP contribution in [0.25, 0.3) is 0 Å². The van der Waals surface area contributed by atoms with Crippen molar-refractivity contribution < 1.29 is 14.7 Å². The van der Waals surface area contributed by atoms with Crippen molar-refractivity contribution in [3.8, 4) is 0 Å². The molecule has 0 saturated carbocycles. The fourth-order valence-corrected chi connectivity index (χ4v) is 1.79. The normalized spacial score (nSPS) is 13.2. The molecule has 0 fully saturated rings. The van der Waals surface area contributed by atoms with Gasteiger partial charge in [0.2, 0.25) is 0 Å². The maximum Gasteiger partial charge on any atom is 0.330 e. The van der Waals surface area contributed by atoms with Crippen LogP contribution in [0.5, 0.6) is 0 Å². The number of nitrogens with zero attached hydrogens (tertiary/aromatic N) is 2. The largest absolute Gasteiger partial charge is 0.479 e. The van der Waals surface area contributed by atoms with E-state index in [0.29, 0.717) is 11.4 Å². The molecule has 0 bridgehead atoms. The van der Waals surface area contributed by atoms with Crippen molar-refractivity contribution in [1.82, 2.24) is 25.8 Å². The highest BCUT2D eigenvalue weighted by molar-refractivity contribution is 5.83. The Bertz CT molecular complexity index is 600. The zero-order chi connectivity index (χ0) is 15.2. The third-order valence-electron chi connectivity index (χ3n) is 2.85. The molecule has 0 aliphatic rings. The highest BCUT2D eigenvalue weighted by Gasteiger charge is 2.22. The van der Waals surface area contributed by atoms with E-state index in [9.17, 15) is 14.7 Å². The molecule has 8 heteroatoms. The van der Waals surface area contributed by atoms with Gasteiger partial charge in [0.15, 0.2) is 6.04 Å². The Hall–Kier alpha value is -2.90. The maximum atomic E-state index is 11.9. The van der Waals surface area contributed by atoms with Crippen molar-refractivity contribution in [3.63, 3.8) is 0 Å². The second-order valence-corrected chi connectivity index (χ2v) is 4.39. The number of aromatic amines is 1. The van der Waals surface area contributed by atoms with Gasteiger partial charge in [0.25, 0.3) is 0 Å². The molecule has 2 atom stereocenters. The number of carbonyl (C=O) groups excluding carboxylic acids is 1. The lowest BCUT2D eigenvalue weighted by molar-refractivity contribution is -0.139. The van der Waals surface area contributed by atoms with E-state index in [0.717, 1.165) is 0 Å². The van der Waals surface area contributed by atoms with Gasteiger partial charge in [0.1, 0.15) is 12.2 Å². The first-order valence-electron chi connectivity index (χ1n) is 6.28. The van der Waals surface area contributed by atoms with E-state index in [-0.39, 0.29) is 0 Å². The number of urea groups is 1. The number of carbonyl (C=O) groups is 2. The number of hydrogen-bond donors (Lipinski definition) is 4. The zero-order valence-electron chi connectivity index (χ0n) is 11.3. The lowest BCUT2D eigenvalue weighted by atomic mass is 10.1. The maximum absolute atomic E-state index is 11.9. The van der Waals surface area contributed by atoms with Gasteiger partial charge in [-0.25, -0.2) is 14.6 Å². The lowest BCUT2D eigenvalue weighted by Gasteiger charge is -2.17. The molecule has 1 unspecified atom stereocenters. The third kappa shape index (κ3) is 3.78. The highest BCUT2D eigenvalue weighted by atomic mass is 16.4. The lowest BCUT2D eigenvalue weighted by Crippen LogP contribution is -2.42. The Labute approximate surface area is 120 Å². The summed E-state index contributed by atoms with van der Waals surface area (Å²) >= 11 is 0. The molecule has 21 heavy (non-hydrogen) atoms. The number of aliphatic carboxylic acids is 1. The van der Waals surface area contributed by atoms with Crippen LogP contribution in [0.2, 0.25) is 0 Å². The van der Waals surface area contributed by atoms with Crippen LogP contribution in [0.1, 0.15) is 30.4 Å². The van der Waals surface area contributed by atoms with Gasteiger partial charge in [-0.3, -0.25) is 5.10 Å². The van der Waals surface area contributed by atoms with E-state index in [1.807, 2.05) is 0 Å². The quantitative estimate of drug-likeness (QED) is 0.654. The van der Waals surface area contributed by atoms with E-state index < -0.39 is 24.1 Å². The number of carboxylic acids is 1. The topological polar surface area (TPSA) is 120 Å². The van der Waals surface area contributed by atoms with Crippen LogP contribution in [0.3, 0.4) is 0 Å². The minimum atomic E-state index is -1.14. The summed E-state index contributed by atoms with van der Waals surface area (Å²) in [6.07, 6.45) is 1.33. The minimum absolute atomic E-state index is 0.419. The number of benzene rings is 1. The smallest absolute Gasteiger partial charge is 0.330 e. The molecule has 4 N–H and O–H groups in total. The molecular formula is C13H15N5O3. The molecule has 0 aliphatic heterocycles.